The molecule has 132 valence electrons. The van der Waals surface area contributed by atoms with Crippen LogP contribution in [0.4, 0.5) is 5.69 Å². The summed E-state index contributed by atoms with van der Waals surface area (Å²) in [5, 5.41) is 13.9. The minimum absolute atomic E-state index is 0.121. The van der Waals surface area contributed by atoms with Gasteiger partial charge in [0.2, 0.25) is 6.41 Å². The van der Waals surface area contributed by atoms with E-state index < -0.39 is 0 Å². The average molecular weight is 460 g/mol. The minimum Gasteiger partial charge on any atom is -0.496 e. The quantitative estimate of drug-likeness (QED) is 0.239. The van der Waals surface area contributed by atoms with Gasteiger partial charge in [-0.25, -0.2) is 4.98 Å². The van der Waals surface area contributed by atoms with E-state index >= 15 is 0 Å². The summed E-state index contributed by atoms with van der Waals surface area (Å²) in [5.41, 5.74) is 4.30. The van der Waals surface area contributed by atoms with Crippen molar-refractivity contribution in [2.24, 2.45) is 0 Å². The number of nitrogens with one attached hydrogen (secondary N) is 3. The Bertz CT molecular complexity index is 1000. The lowest BCUT2D eigenvalue weighted by Gasteiger charge is -2.16. The van der Waals surface area contributed by atoms with Crippen molar-refractivity contribution < 1.29 is 9.53 Å². The molecule has 1 amide bonds. The second-order valence-corrected chi connectivity index (χ2v) is 6.77. The van der Waals surface area contributed by atoms with Gasteiger partial charge < -0.3 is 10.1 Å². The van der Waals surface area contributed by atoms with Crippen molar-refractivity contribution in [1.29, 1.82) is 5.41 Å². The number of fused-ring (bicyclic) bond motifs is 1. The number of ether oxygens (including phenoxy) is 1. The lowest BCUT2D eigenvalue weighted by molar-refractivity contribution is -0.108. The van der Waals surface area contributed by atoms with E-state index in [-0.39, 0.29) is 5.96 Å². The Kier molecular flexibility index (Phi) is 5.36. The van der Waals surface area contributed by atoms with Gasteiger partial charge in [0.1, 0.15) is 5.75 Å². The summed E-state index contributed by atoms with van der Waals surface area (Å²) >= 11 is 2.23. The van der Waals surface area contributed by atoms with Crippen molar-refractivity contribution in [3.63, 3.8) is 0 Å². The highest BCUT2D eigenvalue weighted by Gasteiger charge is 2.16. The molecule has 3 aromatic rings. The monoisotopic (exact) mass is 460 g/mol. The molecule has 3 rings (SSSR count). The Morgan fingerprint density at radius 3 is 2.73 bits per heavy atom. The molecule has 0 atom stereocenters. The number of carbonyl (C=O) groups is 1. The summed E-state index contributed by atoms with van der Waals surface area (Å²) in [5.74, 6) is 0.523. The molecule has 0 aliphatic carbocycles. The van der Waals surface area contributed by atoms with Gasteiger partial charge >= 0.3 is 0 Å². The summed E-state index contributed by atoms with van der Waals surface area (Å²) in [6.45, 7) is 2.03. The van der Waals surface area contributed by atoms with Crippen LogP contribution in [0.2, 0.25) is 0 Å². The second-order valence-electron chi connectivity index (χ2n) is 5.61. The fourth-order valence-electron chi connectivity index (χ4n) is 2.78. The molecule has 1 heterocycles. The van der Waals surface area contributed by atoms with Crippen LogP contribution in [0.15, 0.2) is 42.5 Å². The van der Waals surface area contributed by atoms with Gasteiger partial charge in [-0.15, -0.1) is 0 Å². The van der Waals surface area contributed by atoms with E-state index in [0.717, 1.165) is 31.3 Å². The molecule has 0 saturated carbocycles. The molecule has 3 N–H and O–H groups in total. The minimum atomic E-state index is -0.121. The fraction of sp³-hybridized carbons (Fsp3) is 0.105. The lowest BCUT2D eigenvalue weighted by Crippen LogP contribution is -2.28. The number of amides is 1. The largest absolute Gasteiger partial charge is 0.496 e. The third-order valence-corrected chi connectivity index (χ3v) is 4.85. The SMILES string of the molecule is COc1ccc(I)c2nc(-c3ccccc3C)cc(NC(=N)NC=O)c12. The third kappa shape index (κ3) is 3.48. The van der Waals surface area contributed by atoms with Gasteiger partial charge in [0.25, 0.3) is 0 Å². The molecule has 0 unspecified atom stereocenters. The van der Waals surface area contributed by atoms with Gasteiger partial charge in [0, 0.05) is 9.13 Å². The van der Waals surface area contributed by atoms with Crippen molar-refractivity contribution in [2.75, 3.05) is 12.4 Å². The number of hydrogen-bond donors (Lipinski definition) is 3. The molecule has 2 aromatic carbocycles. The molecular weight excluding hydrogens is 443 g/mol. The zero-order valence-electron chi connectivity index (χ0n) is 14.3. The molecule has 1 aromatic heterocycles. The van der Waals surface area contributed by atoms with Gasteiger partial charge in [0.05, 0.1) is 29.4 Å². The van der Waals surface area contributed by atoms with E-state index in [0.29, 0.717) is 17.8 Å². The van der Waals surface area contributed by atoms with Crippen molar-refractivity contribution in [1.82, 2.24) is 10.3 Å². The van der Waals surface area contributed by atoms with Crippen LogP contribution in [0, 0.1) is 15.9 Å². The first kappa shape index (κ1) is 18.1. The van der Waals surface area contributed by atoms with Crippen molar-refractivity contribution in [3.05, 3.63) is 51.6 Å². The van der Waals surface area contributed by atoms with Crippen LogP contribution in [0.5, 0.6) is 5.75 Å². The number of benzene rings is 2. The van der Waals surface area contributed by atoms with Crippen LogP contribution in [0.25, 0.3) is 22.2 Å². The van der Waals surface area contributed by atoms with Crippen LogP contribution in [0.3, 0.4) is 0 Å². The maximum atomic E-state index is 10.6. The smallest absolute Gasteiger partial charge is 0.213 e. The van der Waals surface area contributed by atoms with Gasteiger partial charge in [-0.05, 0) is 53.3 Å². The van der Waals surface area contributed by atoms with Crippen LogP contribution in [-0.4, -0.2) is 24.5 Å². The first-order valence-corrected chi connectivity index (χ1v) is 8.92. The van der Waals surface area contributed by atoms with Gasteiger partial charge in [-0.2, -0.15) is 0 Å². The number of aromatic nitrogens is 1. The molecule has 26 heavy (non-hydrogen) atoms. The molecule has 0 saturated heterocycles. The van der Waals surface area contributed by atoms with Gasteiger partial charge in [-0.1, -0.05) is 24.3 Å². The van der Waals surface area contributed by atoms with E-state index in [4.69, 9.17) is 15.1 Å². The Balaban J connectivity index is 2.29. The number of hydrogen-bond acceptors (Lipinski definition) is 4. The molecule has 0 spiro atoms. The van der Waals surface area contributed by atoms with E-state index in [2.05, 4.69) is 33.2 Å². The fourth-order valence-corrected chi connectivity index (χ4v) is 3.35. The first-order chi connectivity index (χ1) is 12.5. The summed E-state index contributed by atoms with van der Waals surface area (Å²) in [4.78, 5) is 15.5. The molecular formula is C19H17IN4O2. The number of anilines is 1. The summed E-state index contributed by atoms with van der Waals surface area (Å²) in [6, 6.07) is 13.7. The highest BCUT2D eigenvalue weighted by atomic mass is 127. The molecule has 7 heteroatoms. The number of guanidine groups is 1. The normalized spacial score (nSPS) is 10.4. The highest BCUT2D eigenvalue weighted by molar-refractivity contribution is 14.1. The van der Waals surface area contributed by atoms with Crippen LogP contribution in [-0.2, 0) is 4.79 Å². The Labute approximate surface area is 164 Å². The number of halogens is 1. The average Bonchev–Trinajstić information content (AvgIpc) is 2.63. The number of carbonyl (C=O) groups excluding carboxylic acids is 1. The van der Waals surface area contributed by atoms with Gasteiger partial charge in [0.15, 0.2) is 5.96 Å². The third-order valence-electron chi connectivity index (χ3n) is 3.98. The Hall–Kier alpha value is -2.68. The van der Waals surface area contributed by atoms with Crippen LogP contribution < -0.4 is 15.4 Å². The standard InChI is InChI=1S/C19H17IN4O2/c1-11-5-3-4-6-12(11)14-9-15(24-19(21)22-10-25)17-16(26-2)8-7-13(20)18(17)23-14/h3-10H,1-2H3,(H3,21,22,23,24,25). The van der Waals surface area contributed by atoms with Crippen LogP contribution >= 0.6 is 22.6 Å². The number of nitrogens with zero attached hydrogens (tertiary/aromatic N) is 1. The van der Waals surface area contributed by atoms with E-state index in [1.54, 1.807) is 7.11 Å². The van der Waals surface area contributed by atoms with Crippen molar-refractivity contribution in [2.45, 2.75) is 6.92 Å². The molecule has 0 aliphatic heterocycles. The lowest BCUT2D eigenvalue weighted by atomic mass is 10.0. The maximum absolute atomic E-state index is 10.6. The number of pyridine rings is 1. The summed E-state index contributed by atoms with van der Waals surface area (Å²) in [7, 11) is 1.59. The number of methoxy groups -OCH3 is 1. The van der Waals surface area contributed by atoms with Crippen molar-refractivity contribution >= 4 is 51.6 Å². The second kappa shape index (κ2) is 7.69. The first-order valence-electron chi connectivity index (χ1n) is 7.84. The molecule has 0 fully saturated rings. The molecule has 0 radical (unpaired) electrons. The molecule has 0 aliphatic rings. The summed E-state index contributed by atoms with van der Waals surface area (Å²) < 4.78 is 6.45. The Morgan fingerprint density at radius 2 is 2.04 bits per heavy atom. The zero-order chi connectivity index (χ0) is 18.7. The predicted octanol–water partition coefficient (Wildman–Crippen LogP) is 3.92. The zero-order valence-corrected chi connectivity index (χ0v) is 16.4. The predicted molar refractivity (Wildman–Crippen MR) is 112 cm³/mol. The van der Waals surface area contributed by atoms with Gasteiger partial charge in [-0.3, -0.25) is 15.5 Å². The van der Waals surface area contributed by atoms with E-state index in [9.17, 15) is 4.79 Å². The van der Waals surface area contributed by atoms with Crippen molar-refractivity contribution in [3.8, 4) is 17.0 Å². The van der Waals surface area contributed by atoms with E-state index in [1.165, 1.54) is 0 Å². The van der Waals surface area contributed by atoms with Crippen LogP contribution in [0.1, 0.15) is 5.56 Å². The maximum Gasteiger partial charge on any atom is 0.213 e. The van der Waals surface area contributed by atoms with E-state index in [1.807, 2.05) is 49.4 Å². The summed E-state index contributed by atoms with van der Waals surface area (Å²) in [6.07, 6.45) is 0.460. The molecule has 6 nitrogen and oxygen atoms in total. The molecule has 0 bridgehead atoms. The highest BCUT2D eigenvalue weighted by Crippen LogP contribution is 2.37. The Morgan fingerprint density at radius 1 is 1.27 bits per heavy atom. The topological polar surface area (TPSA) is 87.1 Å². The number of aryl methyl sites for hydroxylation is 1. The number of rotatable bonds is 4.